The van der Waals surface area contributed by atoms with Gasteiger partial charge in [-0.2, -0.15) is 0 Å². The molecular weight excluding hydrogens is 251 g/mol. The molecule has 1 aromatic rings. The molecule has 2 rings (SSSR count). The van der Waals surface area contributed by atoms with Gasteiger partial charge in [-0.05, 0) is 43.7 Å². The highest BCUT2D eigenvalue weighted by Crippen LogP contribution is 2.30. The van der Waals surface area contributed by atoms with Crippen LogP contribution in [0.2, 0.25) is 0 Å². The molecule has 2 N–H and O–H groups in total. The first-order chi connectivity index (χ1) is 9.61. The molecule has 0 saturated heterocycles. The zero-order valence-electron chi connectivity index (χ0n) is 12.7. The van der Waals surface area contributed by atoms with E-state index < -0.39 is 0 Å². The van der Waals surface area contributed by atoms with E-state index in [0.717, 1.165) is 25.4 Å². The predicted molar refractivity (Wildman–Crippen MR) is 81.9 cm³/mol. The molecule has 0 aromatic heterocycles. The largest absolute Gasteiger partial charge is 0.324 e. The molecule has 0 spiro atoms. The maximum atomic E-state index is 13.8. The molecule has 0 amide bonds. The lowest BCUT2D eigenvalue weighted by Gasteiger charge is -2.29. The third-order valence-electron chi connectivity index (χ3n) is 4.18. The van der Waals surface area contributed by atoms with Crippen molar-refractivity contribution < 1.29 is 4.39 Å². The number of nitrogens with zero attached hydrogens (tertiary/aromatic N) is 1. The second-order valence-electron chi connectivity index (χ2n) is 6.23. The lowest BCUT2D eigenvalue weighted by Crippen LogP contribution is -2.35. The van der Waals surface area contributed by atoms with Crippen molar-refractivity contribution in [2.24, 2.45) is 17.6 Å². The van der Waals surface area contributed by atoms with Crippen LogP contribution in [0.4, 0.5) is 4.39 Å². The average molecular weight is 278 g/mol. The predicted octanol–water partition coefficient (Wildman–Crippen LogP) is 3.58. The number of benzene rings is 1. The van der Waals surface area contributed by atoms with Gasteiger partial charge in [-0.25, -0.2) is 4.39 Å². The molecule has 112 valence electrons. The van der Waals surface area contributed by atoms with E-state index in [9.17, 15) is 4.39 Å². The molecule has 1 aliphatic carbocycles. The summed E-state index contributed by atoms with van der Waals surface area (Å²) in [7, 11) is 0. The van der Waals surface area contributed by atoms with Crippen LogP contribution >= 0.6 is 0 Å². The highest BCUT2D eigenvalue weighted by molar-refractivity contribution is 5.21. The first kappa shape index (κ1) is 15.5. The SMILES string of the molecule is CCCN(CC1CC1)CC(C)C(N)c1ccccc1F. The Morgan fingerprint density at radius 2 is 2.05 bits per heavy atom. The molecule has 3 heteroatoms. The standard InChI is InChI=1S/C17H27FN2/c1-3-10-20(12-14-8-9-14)11-13(2)17(19)15-6-4-5-7-16(15)18/h4-7,13-14,17H,3,8-12,19H2,1-2H3. The number of nitrogens with two attached hydrogens (primary N) is 1. The van der Waals surface area contributed by atoms with Crippen molar-refractivity contribution in [3.63, 3.8) is 0 Å². The number of hydrogen-bond donors (Lipinski definition) is 1. The smallest absolute Gasteiger partial charge is 0.127 e. The van der Waals surface area contributed by atoms with E-state index in [4.69, 9.17) is 5.73 Å². The lowest BCUT2D eigenvalue weighted by molar-refractivity contribution is 0.213. The van der Waals surface area contributed by atoms with Gasteiger partial charge < -0.3 is 10.6 Å². The molecule has 20 heavy (non-hydrogen) atoms. The molecule has 0 bridgehead atoms. The van der Waals surface area contributed by atoms with Gasteiger partial charge in [0.15, 0.2) is 0 Å². The van der Waals surface area contributed by atoms with Gasteiger partial charge in [0.25, 0.3) is 0 Å². The Morgan fingerprint density at radius 3 is 2.65 bits per heavy atom. The van der Waals surface area contributed by atoms with Crippen LogP contribution in [0, 0.1) is 17.7 Å². The van der Waals surface area contributed by atoms with Crippen molar-refractivity contribution >= 4 is 0 Å². The van der Waals surface area contributed by atoms with Crippen LogP contribution in [0.3, 0.4) is 0 Å². The maximum absolute atomic E-state index is 13.8. The second kappa shape index (κ2) is 7.19. The molecule has 1 saturated carbocycles. The van der Waals surface area contributed by atoms with E-state index in [1.165, 1.54) is 25.5 Å². The molecule has 1 aliphatic rings. The summed E-state index contributed by atoms with van der Waals surface area (Å²) in [5.74, 6) is 0.965. The van der Waals surface area contributed by atoms with Crippen LogP contribution in [-0.4, -0.2) is 24.5 Å². The van der Waals surface area contributed by atoms with E-state index >= 15 is 0 Å². The Bertz CT molecular complexity index is 417. The monoisotopic (exact) mass is 278 g/mol. The Labute approximate surface area is 122 Å². The zero-order chi connectivity index (χ0) is 14.5. The van der Waals surface area contributed by atoms with E-state index in [1.807, 2.05) is 12.1 Å². The van der Waals surface area contributed by atoms with Gasteiger partial charge in [0.1, 0.15) is 5.82 Å². The zero-order valence-corrected chi connectivity index (χ0v) is 12.7. The summed E-state index contributed by atoms with van der Waals surface area (Å²) in [6.07, 6.45) is 3.90. The van der Waals surface area contributed by atoms with Crippen molar-refractivity contribution in [3.8, 4) is 0 Å². The Kier molecular flexibility index (Phi) is 5.55. The average Bonchev–Trinajstić information content (AvgIpc) is 3.22. The fourth-order valence-electron chi connectivity index (χ4n) is 2.81. The Hall–Kier alpha value is -0.930. The minimum Gasteiger partial charge on any atom is -0.324 e. The van der Waals surface area contributed by atoms with E-state index in [1.54, 1.807) is 6.07 Å². The van der Waals surface area contributed by atoms with Crippen LogP contribution in [0.15, 0.2) is 24.3 Å². The van der Waals surface area contributed by atoms with E-state index in [2.05, 4.69) is 18.7 Å². The third-order valence-corrected chi connectivity index (χ3v) is 4.18. The quantitative estimate of drug-likeness (QED) is 0.787. The minimum atomic E-state index is -0.227. The molecule has 2 atom stereocenters. The fourth-order valence-corrected chi connectivity index (χ4v) is 2.81. The van der Waals surface area contributed by atoms with Crippen LogP contribution in [0.25, 0.3) is 0 Å². The fraction of sp³-hybridized carbons (Fsp3) is 0.647. The van der Waals surface area contributed by atoms with Crippen molar-refractivity contribution in [2.75, 3.05) is 19.6 Å². The first-order valence-electron chi connectivity index (χ1n) is 7.84. The summed E-state index contributed by atoms with van der Waals surface area (Å²) in [6.45, 7) is 7.60. The number of hydrogen-bond acceptors (Lipinski definition) is 2. The molecule has 1 fully saturated rings. The van der Waals surface area contributed by atoms with Crippen molar-refractivity contribution in [3.05, 3.63) is 35.6 Å². The van der Waals surface area contributed by atoms with Gasteiger partial charge in [-0.3, -0.25) is 0 Å². The summed E-state index contributed by atoms with van der Waals surface area (Å²) < 4.78 is 13.8. The van der Waals surface area contributed by atoms with Crippen LogP contribution in [0.1, 0.15) is 44.7 Å². The van der Waals surface area contributed by atoms with Gasteiger partial charge in [-0.15, -0.1) is 0 Å². The van der Waals surface area contributed by atoms with Crippen LogP contribution in [-0.2, 0) is 0 Å². The summed E-state index contributed by atoms with van der Waals surface area (Å²) in [4.78, 5) is 2.50. The Morgan fingerprint density at radius 1 is 1.35 bits per heavy atom. The van der Waals surface area contributed by atoms with Crippen molar-refractivity contribution in [2.45, 2.75) is 39.2 Å². The highest BCUT2D eigenvalue weighted by Gasteiger charge is 2.26. The first-order valence-corrected chi connectivity index (χ1v) is 7.84. The van der Waals surface area contributed by atoms with Crippen LogP contribution < -0.4 is 5.73 Å². The summed E-state index contributed by atoms with van der Waals surface area (Å²) in [5, 5.41) is 0. The second-order valence-corrected chi connectivity index (χ2v) is 6.23. The number of rotatable bonds is 8. The van der Waals surface area contributed by atoms with Gasteiger partial charge in [0.2, 0.25) is 0 Å². The van der Waals surface area contributed by atoms with Gasteiger partial charge in [0.05, 0.1) is 0 Å². The highest BCUT2D eigenvalue weighted by atomic mass is 19.1. The number of halogens is 1. The summed E-state index contributed by atoms with van der Waals surface area (Å²) in [6, 6.07) is 6.65. The third kappa shape index (κ3) is 4.29. The van der Waals surface area contributed by atoms with Gasteiger partial charge in [0, 0.05) is 24.7 Å². The molecular formula is C17H27FN2. The van der Waals surface area contributed by atoms with Crippen molar-refractivity contribution in [1.29, 1.82) is 0 Å². The van der Waals surface area contributed by atoms with Gasteiger partial charge >= 0.3 is 0 Å². The molecule has 0 heterocycles. The molecule has 0 radical (unpaired) electrons. The van der Waals surface area contributed by atoms with E-state index in [-0.39, 0.29) is 17.8 Å². The molecule has 2 unspecified atom stereocenters. The molecule has 2 nitrogen and oxygen atoms in total. The van der Waals surface area contributed by atoms with Gasteiger partial charge in [-0.1, -0.05) is 32.0 Å². The maximum Gasteiger partial charge on any atom is 0.127 e. The lowest BCUT2D eigenvalue weighted by atomic mass is 9.94. The molecule has 1 aromatic carbocycles. The van der Waals surface area contributed by atoms with Crippen molar-refractivity contribution in [1.82, 2.24) is 4.90 Å². The minimum absolute atomic E-state index is 0.184. The van der Waals surface area contributed by atoms with Crippen LogP contribution in [0.5, 0.6) is 0 Å². The Balaban J connectivity index is 1.94. The normalized spacial score (nSPS) is 18.2. The topological polar surface area (TPSA) is 29.3 Å². The van der Waals surface area contributed by atoms with E-state index in [0.29, 0.717) is 5.56 Å². The molecule has 0 aliphatic heterocycles. The summed E-state index contributed by atoms with van der Waals surface area (Å²) >= 11 is 0. The summed E-state index contributed by atoms with van der Waals surface area (Å²) in [5.41, 5.74) is 6.91.